The smallest absolute Gasteiger partial charge is 0.0104 e. The van der Waals surface area contributed by atoms with Crippen molar-refractivity contribution in [2.24, 2.45) is 0 Å². The molecule has 1 atom stereocenters. The molecular weight excluding hydrogens is 220 g/mol. The van der Waals surface area contributed by atoms with Crippen LogP contribution >= 0.6 is 0 Å². The fraction of sp³-hybridized carbons (Fsp3) is 0.625. The Balaban J connectivity index is 2.39. The molecule has 0 aliphatic carbocycles. The van der Waals surface area contributed by atoms with Gasteiger partial charge in [0.05, 0.1) is 0 Å². The molecule has 1 N–H and O–H groups in total. The number of likely N-dealkylation sites (N-methyl/N-ethyl adjacent to an activating group) is 2. The zero-order chi connectivity index (χ0) is 13.4. The molecule has 0 aliphatic heterocycles. The van der Waals surface area contributed by atoms with Gasteiger partial charge in [-0.05, 0) is 44.0 Å². The van der Waals surface area contributed by atoms with Crippen LogP contribution < -0.4 is 5.32 Å². The minimum Gasteiger partial charge on any atom is -0.318 e. The van der Waals surface area contributed by atoms with Gasteiger partial charge in [0.25, 0.3) is 0 Å². The van der Waals surface area contributed by atoms with E-state index in [-0.39, 0.29) is 0 Å². The first-order valence-corrected chi connectivity index (χ1v) is 7.09. The summed E-state index contributed by atoms with van der Waals surface area (Å²) in [6.07, 6.45) is 2.35. The standard InChI is InChI=1S/C16H28N2/c1-5-14(2)16-8-6-15(7-9-16)10-12-18(4)13-11-17-3/h6-9,14,17H,5,10-13H2,1-4H3. The summed E-state index contributed by atoms with van der Waals surface area (Å²) in [7, 11) is 4.19. The molecular formula is C16H28N2. The number of benzene rings is 1. The first kappa shape index (κ1) is 15.2. The minimum atomic E-state index is 0.678. The molecule has 18 heavy (non-hydrogen) atoms. The van der Waals surface area contributed by atoms with Gasteiger partial charge in [-0.3, -0.25) is 0 Å². The summed E-state index contributed by atoms with van der Waals surface area (Å²) < 4.78 is 0. The van der Waals surface area contributed by atoms with Crippen molar-refractivity contribution in [3.63, 3.8) is 0 Å². The van der Waals surface area contributed by atoms with Crippen molar-refractivity contribution >= 4 is 0 Å². The SMILES string of the molecule is CCC(C)c1ccc(CCN(C)CCNC)cc1. The second-order valence-electron chi connectivity index (χ2n) is 5.21. The van der Waals surface area contributed by atoms with Crippen LogP contribution in [-0.2, 0) is 6.42 Å². The second kappa shape index (κ2) is 8.28. The maximum Gasteiger partial charge on any atom is 0.0104 e. The van der Waals surface area contributed by atoms with Crippen LogP contribution in [0.2, 0.25) is 0 Å². The minimum absolute atomic E-state index is 0.678. The van der Waals surface area contributed by atoms with Crippen LogP contribution in [0.5, 0.6) is 0 Å². The van der Waals surface area contributed by atoms with Gasteiger partial charge in [-0.2, -0.15) is 0 Å². The van der Waals surface area contributed by atoms with Crippen molar-refractivity contribution in [1.29, 1.82) is 0 Å². The third-order valence-corrected chi connectivity index (χ3v) is 3.69. The van der Waals surface area contributed by atoms with Crippen LogP contribution in [0, 0.1) is 0 Å². The number of hydrogen-bond donors (Lipinski definition) is 1. The Labute approximate surface area is 112 Å². The number of nitrogens with zero attached hydrogens (tertiary/aromatic N) is 1. The molecule has 0 bridgehead atoms. The summed E-state index contributed by atoms with van der Waals surface area (Å²) in [5.41, 5.74) is 2.91. The van der Waals surface area contributed by atoms with E-state index in [1.54, 1.807) is 0 Å². The molecule has 0 saturated heterocycles. The molecule has 0 fully saturated rings. The second-order valence-corrected chi connectivity index (χ2v) is 5.21. The average Bonchev–Trinajstić information content (AvgIpc) is 2.42. The van der Waals surface area contributed by atoms with Crippen LogP contribution in [0.3, 0.4) is 0 Å². The Kier molecular flexibility index (Phi) is 6.99. The summed E-state index contributed by atoms with van der Waals surface area (Å²) in [6, 6.07) is 9.15. The monoisotopic (exact) mass is 248 g/mol. The van der Waals surface area contributed by atoms with Gasteiger partial charge in [-0.25, -0.2) is 0 Å². The summed E-state index contributed by atoms with van der Waals surface area (Å²) in [5, 5.41) is 3.18. The summed E-state index contributed by atoms with van der Waals surface area (Å²) in [4.78, 5) is 2.37. The Morgan fingerprint density at radius 3 is 2.39 bits per heavy atom. The maximum atomic E-state index is 3.18. The van der Waals surface area contributed by atoms with Crippen LogP contribution in [0.1, 0.15) is 37.3 Å². The quantitative estimate of drug-likeness (QED) is 0.761. The molecule has 2 nitrogen and oxygen atoms in total. The molecule has 0 radical (unpaired) electrons. The molecule has 0 amide bonds. The number of rotatable bonds is 8. The topological polar surface area (TPSA) is 15.3 Å². The zero-order valence-electron chi connectivity index (χ0n) is 12.4. The van der Waals surface area contributed by atoms with Crippen molar-refractivity contribution in [3.05, 3.63) is 35.4 Å². The lowest BCUT2D eigenvalue weighted by Gasteiger charge is -2.16. The Hall–Kier alpha value is -0.860. The lowest BCUT2D eigenvalue weighted by molar-refractivity contribution is 0.339. The van der Waals surface area contributed by atoms with E-state index in [1.165, 1.54) is 17.5 Å². The molecule has 0 heterocycles. The van der Waals surface area contributed by atoms with Gasteiger partial charge in [0.1, 0.15) is 0 Å². The Bertz CT molecular complexity index is 318. The van der Waals surface area contributed by atoms with Crippen LogP contribution in [0.25, 0.3) is 0 Å². The molecule has 1 aromatic rings. The van der Waals surface area contributed by atoms with Crippen molar-refractivity contribution < 1.29 is 0 Å². The van der Waals surface area contributed by atoms with Crippen LogP contribution in [-0.4, -0.2) is 38.6 Å². The molecule has 0 aliphatic rings. The van der Waals surface area contributed by atoms with Gasteiger partial charge in [0.2, 0.25) is 0 Å². The maximum absolute atomic E-state index is 3.18. The Morgan fingerprint density at radius 1 is 1.17 bits per heavy atom. The predicted molar refractivity (Wildman–Crippen MR) is 80.3 cm³/mol. The summed E-state index contributed by atoms with van der Waals surface area (Å²) >= 11 is 0. The predicted octanol–water partition coefficient (Wildman–Crippen LogP) is 2.89. The molecule has 0 spiro atoms. The van der Waals surface area contributed by atoms with E-state index in [4.69, 9.17) is 0 Å². The lowest BCUT2D eigenvalue weighted by Crippen LogP contribution is -2.29. The fourth-order valence-electron chi connectivity index (χ4n) is 1.98. The first-order valence-electron chi connectivity index (χ1n) is 7.09. The zero-order valence-corrected chi connectivity index (χ0v) is 12.4. The van der Waals surface area contributed by atoms with E-state index in [1.807, 2.05) is 7.05 Å². The van der Waals surface area contributed by atoms with Crippen molar-refractivity contribution in [1.82, 2.24) is 10.2 Å². The molecule has 102 valence electrons. The van der Waals surface area contributed by atoms with E-state index in [9.17, 15) is 0 Å². The van der Waals surface area contributed by atoms with E-state index in [0.717, 1.165) is 26.1 Å². The highest BCUT2D eigenvalue weighted by Gasteiger charge is 2.03. The molecule has 0 aromatic heterocycles. The van der Waals surface area contributed by atoms with Gasteiger partial charge < -0.3 is 10.2 Å². The average molecular weight is 248 g/mol. The highest BCUT2D eigenvalue weighted by molar-refractivity contribution is 5.25. The van der Waals surface area contributed by atoms with Crippen molar-refractivity contribution in [2.75, 3.05) is 33.7 Å². The van der Waals surface area contributed by atoms with E-state index < -0.39 is 0 Å². The van der Waals surface area contributed by atoms with Gasteiger partial charge >= 0.3 is 0 Å². The highest BCUT2D eigenvalue weighted by atomic mass is 15.1. The molecule has 1 rings (SSSR count). The first-order chi connectivity index (χ1) is 8.67. The molecule has 0 saturated carbocycles. The number of nitrogens with one attached hydrogen (secondary N) is 1. The lowest BCUT2D eigenvalue weighted by atomic mass is 9.97. The van der Waals surface area contributed by atoms with E-state index in [2.05, 4.69) is 55.4 Å². The van der Waals surface area contributed by atoms with E-state index in [0.29, 0.717) is 5.92 Å². The molecule has 2 heteroatoms. The summed E-state index contributed by atoms with van der Waals surface area (Å²) in [5.74, 6) is 0.678. The molecule has 1 unspecified atom stereocenters. The van der Waals surface area contributed by atoms with Gasteiger partial charge in [0.15, 0.2) is 0 Å². The largest absolute Gasteiger partial charge is 0.318 e. The highest BCUT2D eigenvalue weighted by Crippen LogP contribution is 2.18. The van der Waals surface area contributed by atoms with Gasteiger partial charge in [0, 0.05) is 19.6 Å². The number of hydrogen-bond acceptors (Lipinski definition) is 2. The third kappa shape index (κ3) is 5.19. The van der Waals surface area contributed by atoms with Crippen molar-refractivity contribution in [2.45, 2.75) is 32.6 Å². The van der Waals surface area contributed by atoms with Crippen molar-refractivity contribution in [3.8, 4) is 0 Å². The van der Waals surface area contributed by atoms with Gasteiger partial charge in [-0.15, -0.1) is 0 Å². The third-order valence-electron chi connectivity index (χ3n) is 3.69. The summed E-state index contributed by atoms with van der Waals surface area (Å²) in [6.45, 7) is 7.84. The van der Waals surface area contributed by atoms with E-state index >= 15 is 0 Å². The fourth-order valence-corrected chi connectivity index (χ4v) is 1.98. The van der Waals surface area contributed by atoms with Crippen LogP contribution in [0.4, 0.5) is 0 Å². The normalized spacial score (nSPS) is 12.9. The van der Waals surface area contributed by atoms with Crippen LogP contribution in [0.15, 0.2) is 24.3 Å². The molecule has 1 aromatic carbocycles. The van der Waals surface area contributed by atoms with Gasteiger partial charge in [-0.1, -0.05) is 38.1 Å². The Morgan fingerprint density at radius 2 is 1.83 bits per heavy atom.